The molecular weight excluding hydrogens is 330 g/mol. The Labute approximate surface area is 157 Å². The van der Waals surface area contributed by atoms with E-state index in [1.54, 1.807) is 12.1 Å². The molecule has 1 aromatic rings. The first-order chi connectivity index (χ1) is 11.9. The van der Waals surface area contributed by atoms with Gasteiger partial charge in [0.15, 0.2) is 6.61 Å². The van der Waals surface area contributed by atoms with Gasteiger partial charge in [0.05, 0.1) is 18.3 Å². The van der Waals surface area contributed by atoms with E-state index in [2.05, 4.69) is 26.1 Å². The van der Waals surface area contributed by atoms with E-state index in [9.17, 15) is 9.59 Å². The van der Waals surface area contributed by atoms with Crippen molar-refractivity contribution >= 4 is 11.9 Å². The Kier molecular flexibility index (Phi) is 7.82. The Balaban J connectivity index is 2.49. The molecule has 0 spiro atoms. The van der Waals surface area contributed by atoms with Crippen molar-refractivity contribution in [1.29, 1.82) is 0 Å². The van der Waals surface area contributed by atoms with Crippen molar-refractivity contribution in [3.63, 3.8) is 0 Å². The molecule has 0 saturated carbocycles. The Bertz CT molecular complexity index is 597. The first-order valence-electron chi connectivity index (χ1n) is 9.07. The lowest BCUT2D eigenvalue weighted by Crippen LogP contribution is -2.47. The van der Waals surface area contributed by atoms with Gasteiger partial charge in [0.1, 0.15) is 0 Å². The van der Waals surface area contributed by atoms with E-state index < -0.39 is 5.97 Å². The molecule has 0 aliphatic carbocycles. The summed E-state index contributed by atoms with van der Waals surface area (Å²) in [6.07, 6.45) is 0.972. The third kappa shape index (κ3) is 8.99. The summed E-state index contributed by atoms with van der Waals surface area (Å²) < 4.78 is 10.6. The molecule has 0 aliphatic heterocycles. The number of carbonyl (C=O) groups excluding carboxylic acids is 2. The van der Waals surface area contributed by atoms with Crippen LogP contribution in [0.2, 0.25) is 0 Å². The summed E-state index contributed by atoms with van der Waals surface area (Å²) in [6, 6.07) is 7.02. The molecule has 0 bridgehead atoms. The zero-order valence-electron chi connectivity index (χ0n) is 17.1. The Morgan fingerprint density at radius 2 is 1.62 bits per heavy atom. The van der Waals surface area contributed by atoms with Gasteiger partial charge in [0.25, 0.3) is 5.91 Å². The van der Waals surface area contributed by atoms with Gasteiger partial charge in [0, 0.05) is 5.54 Å². The predicted molar refractivity (Wildman–Crippen MR) is 103 cm³/mol. The molecule has 0 heterocycles. The minimum absolute atomic E-state index is 0.0918. The smallest absolute Gasteiger partial charge is 0.338 e. The van der Waals surface area contributed by atoms with E-state index in [0.29, 0.717) is 12.2 Å². The van der Waals surface area contributed by atoms with Crippen molar-refractivity contribution < 1.29 is 19.1 Å². The molecule has 146 valence electrons. The summed E-state index contributed by atoms with van der Waals surface area (Å²) in [7, 11) is 0. The van der Waals surface area contributed by atoms with Crippen LogP contribution in [-0.2, 0) is 20.9 Å². The Morgan fingerprint density at radius 1 is 1.04 bits per heavy atom. The van der Waals surface area contributed by atoms with Gasteiger partial charge in [-0.15, -0.1) is 0 Å². The number of hydrogen-bond acceptors (Lipinski definition) is 4. The molecule has 26 heavy (non-hydrogen) atoms. The second-order valence-corrected chi connectivity index (χ2v) is 8.80. The van der Waals surface area contributed by atoms with E-state index in [-0.39, 0.29) is 29.6 Å². The fraction of sp³-hybridized carbons (Fsp3) is 0.619. The van der Waals surface area contributed by atoms with E-state index in [0.717, 1.165) is 12.0 Å². The summed E-state index contributed by atoms with van der Waals surface area (Å²) in [4.78, 5) is 24.2. The van der Waals surface area contributed by atoms with Gasteiger partial charge < -0.3 is 14.8 Å². The van der Waals surface area contributed by atoms with Crippen LogP contribution in [0.15, 0.2) is 24.3 Å². The highest BCUT2D eigenvalue weighted by molar-refractivity contribution is 5.91. The maximum absolute atomic E-state index is 12.1. The largest absolute Gasteiger partial charge is 0.452 e. The number of rotatable bonds is 8. The van der Waals surface area contributed by atoms with Gasteiger partial charge in [-0.3, -0.25) is 4.79 Å². The first-order valence-corrected chi connectivity index (χ1v) is 9.07. The lowest BCUT2D eigenvalue weighted by atomic mass is 9.82. The van der Waals surface area contributed by atoms with Gasteiger partial charge in [-0.25, -0.2) is 4.79 Å². The first kappa shape index (κ1) is 22.2. The van der Waals surface area contributed by atoms with E-state index in [1.165, 1.54) is 0 Å². The summed E-state index contributed by atoms with van der Waals surface area (Å²) in [6.45, 7) is 14.5. The van der Waals surface area contributed by atoms with Crippen molar-refractivity contribution in [2.45, 2.75) is 73.1 Å². The van der Waals surface area contributed by atoms with Crippen LogP contribution in [0.5, 0.6) is 0 Å². The number of carbonyl (C=O) groups is 2. The lowest BCUT2D eigenvalue weighted by molar-refractivity contribution is -0.126. The highest BCUT2D eigenvalue weighted by Gasteiger charge is 2.27. The second-order valence-electron chi connectivity index (χ2n) is 8.80. The molecule has 1 rings (SSSR count). The van der Waals surface area contributed by atoms with Crippen LogP contribution in [0.1, 0.15) is 70.8 Å². The third-order valence-electron chi connectivity index (χ3n) is 3.56. The van der Waals surface area contributed by atoms with Crippen LogP contribution in [-0.4, -0.2) is 30.1 Å². The molecule has 1 amide bonds. The van der Waals surface area contributed by atoms with Crippen LogP contribution >= 0.6 is 0 Å². The monoisotopic (exact) mass is 363 g/mol. The quantitative estimate of drug-likeness (QED) is 0.706. The lowest BCUT2D eigenvalue weighted by Gasteiger charge is -2.33. The average Bonchev–Trinajstić information content (AvgIpc) is 2.48. The van der Waals surface area contributed by atoms with Crippen LogP contribution in [0.4, 0.5) is 0 Å². The third-order valence-corrected chi connectivity index (χ3v) is 3.56. The van der Waals surface area contributed by atoms with E-state index >= 15 is 0 Å². The van der Waals surface area contributed by atoms with Crippen molar-refractivity contribution in [3.8, 4) is 0 Å². The zero-order chi connectivity index (χ0) is 20.0. The maximum atomic E-state index is 12.1. The van der Waals surface area contributed by atoms with Crippen LogP contribution < -0.4 is 5.32 Å². The van der Waals surface area contributed by atoms with Gasteiger partial charge in [0.2, 0.25) is 0 Å². The molecule has 0 aliphatic rings. The highest BCUT2D eigenvalue weighted by atomic mass is 16.5. The van der Waals surface area contributed by atoms with E-state index in [1.807, 2.05) is 39.8 Å². The molecule has 0 saturated heterocycles. The average molecular weight is 363 g/mol. The second kappa shape index (κ2) is 9.17. The maximum Gasteiger partial charge on any atom is 0.338 e. The Hall–Kier alpha value is -1.88. The van der Waals surface area contributed by atoms with Gasteiger partial charge in [-0.2, -0.15) is 0 Å². The van der Waals surface area contributed by atoms with Crippen LogP contribution in [0.3, 0.4) is 0 Å². The molecular formula is C21H33NO4. The molecule has 1 aromatic carbocycles. The van der Waals surface area contributed by atoms with Crippen LogP contribution in [0.25, 0.3) is 0 Å². The SMILES string of the molecule is CC(C)OCc1ccc(C(=O)OCC(=O)NC(C)(C)CC(C)(C)C)cc1. The van der Waals surface area contributed by atoms with Crippen molar-refractivity contribution in [3.05, 3.63) is 35.4 Å². The van der Waals surface area contributed by atoms with E-state index in [4.69, 9.17) is 9.47 Å². The molecule has 5 heteroatoms. The summed E-state index contributed by atoms with van der Waals surface area (Å²) >= 11 is 0. The fourth-order valence-electron chi connectivity index (χ4n) is 3.00. The molecule has 0 radical (unpaired) electrons. The summed E-state index contributed by atoms with van der Waals surface area (Å²) in [5, 5.41) is 2.92. The molecule has 0 unspecified atom stereocenters. The molecule has 1 N–H and O–H groups in total. The highest BCUT2D eigenvalue weighted by Crippen LogP contribution is 2.26. The molecule has 0 fully saturated rings. The fourth-order valence-corrected chi connectivity index (χ4v) is 3.00. The number of esters is 1. The Morgan fingerprint density at radius 3 is 2.12 bits per heavy atom. The summed E-state index contributed by atoms with van der Waals surface area (Å²) in [5.41, 5.74) is 1.13. The standard InChI is InChI=1S/C21H33NO4/c1-15(2)25-12-16-8-10-17(11-9-16)19(24)26-13-18(23)22-21(6,7)14-20(3,4)5/h8-11,15H,12-14H2,1-7H3,(H,22,23). The van der Waals surface area contributed by atoms with Crippen molar-refractivity contribution in [2.24, 2.45) is 5.41 Å². The van der Waals surface area contributed by atoms with Gasteiger partial charge >= 0.3 is 5.97 Å². The predicted octanol–water partition coefficient (Wildman–Crippen LogP) is 4.10. The number of amides is 1. The zero-order valence-corrected chi connectivity index (χ0v) is 17.1. The minimum atomic E-state index is -0.509. The minimum Gasteiger partial charge on any atom is -0.452 e. The topological polar surface area (TPSA) is 64.6 Å². The van der Waals surface area contributed by atoms with Crippen LogP contribution in [0, 0.1) is 5.41 Å². The number of ether oxygens (including phenoxy) is 2. The molecule has 0 atom stereocenters. The molecule has 0 aromatic heterocycles. The number of benzene rings is 1. The normalized spacial score (nSPS) is 12.2. The molecule has 5 nitrogen and oxygen atoms in total. The van der Waals surface area contributed by atoms with Gasteiger partial charge in [-0.05, 0) is 57.2 Å². The number of nitrogens with one attached hydrogen (secondary N) is 1. The van der Waals surface area contributed by atoms with Crippen molar-refractivity contribution in [2.75, 3.05) is 6.61 Å². The van der Waals surface area contributed by atoms with Crippen molar-refractivity contribution in [1.82, 2.24) is 5.32 Å². The summed E-state index contributed by atoms with van der Waals surface area (Å²) in [5.74, 6) is -0.806. The number of hydrogen-bond donors (Lipinski definition) is 1. The van der Waals surface area contributed by atoms with Gasteiger partial charge in [-0.1, -0.05) is 32.9 Å².